The van der Waals surface area contributed by atoms with Crippen molar-refractivity contribution in [1.29, 1.82) is 0 Å². The van der Waals surface area contributed by atoms with Gasteiger partial charge in [-0.2, -0.15) is 0 Å². The van der Waals surface area contributed by atoms with E-state index in [1.54, 1.807) is 48.5 Å². The van der Waals surface area contributed by atoms with Crippen LogP contribution >= 0.6 is 79.6 Å². The average Bonchev–Trinajstić information content (AvgIpc) is 0.799. The molecular weight excluding hydrogens is 2240 g/mol. The second kappa shape index (κ2) is 59.9. The summed E-state index contributed by atoms with van der Waals surface area (Å²) in [5.74, 6) is -0.298. The lowest BCUT2D eigenvalue weighted by molar-refractivity contribution is -0.145. The van der Waals surface area contributed by atoms with Crippen molar-refractivity contribution in [2.45, 2.75) is 168 Å². The molecule has 0 saturated carbocycles. The van der Waals surface area contributed by atoms with Crippen LogP contribution in [0.4, 0.5) is 35.1 Å². The minimum Gasteiger partial charge on any atom is -0.507 e. The van der Waals surface area contributed by atoms with Crippen LogP contribution in [0.3, 0.4) is 0 Å². The van der Waals surface area contributed by atoms with Crippen LogP contribution in [0.15, 0.2) is 305 Å². The number of phenols is 2. The number of benzene rings is 14. The van der Waals surface area contributed by atoms with Crippen molar-refractivity contribution in [1.82, 2.24) is 9.80 Å². The molecule has 2 heterocycles. The number of hydrogen-bond donors (Lipinski definition) is 4. The molecule has 0 unspecified atom stereocenters. The maximum Gasteiger partial charge on any atom is 0.320 e. The largest absolute Gasteiger partial charge is 0.507 e. The second-order valence-electron chi connectivity index (χ2n) is 34.5. The average molecular weight is 2350 g/mol. The predicted molar refractivity (Wildman–Crippen MR) is 578 cm³/mol. The van der Waals surface area contributed by atoms with E-state index in [9.17, 15) is 74.1 Å². The molecule has 30 heteroatoms. The Morgan fingerprint density at radius 2 is 0.662 bits per heavy atom. The molecule has 17 nitrogen and oxygen atoms in total. The number of likely N-dealkylation sites (tertiary alicyclic amines) is 2. The molecule has 16 rings (SSSR count). The molecule has 0 bridgehead atoms. The number of aromatic hydroxyl groups is 2. The van der Waals surface area contributed by atoms with Crippen molar-refractivity contribution in [2.24, 2.45) is 0 Å². The van der Waals surface area contributed by atoms with Gasteiger partial charge < -0.3 is 44.1 Å². The first-order valence-corrected chi connectivity index (χ1v) is 51.7. The van der Waals surface area contributed by atoms with Gasteiger partial charge in [-0.3, -0.25) is 38.6 Å². The van der Waals surface area contributed by atoms with Crippen molar-refractivity contribution in [3.05, 3.63) is 427 Å². The number of carbonyl (C=O) groups excluding carboxylic acids is 4. The number of carbonyl (C=O) groups is 6. The molecule has 4 N–H and O–H groups in total. The number of phenolic OH excluding ortho intramolecular Hbond substituents is 2. The molecule has 0 aromatic heterocycles. The summed E-state index contributed by atoms with van der Waals surface area (Å²) in [6.07, 6.45) is -3.41. The van der Waals surface area contributed by atoms with Crippen LogP contribution in [0, 0.1) is 34.6 Å². The number of rotatable bonds is 33. The number of hydrogen-bond acceptors (Lipinski definition) is 15. The standard InChI is InChI=1S/C44H50F2N2O6.C16H16Br2.C15H12F2O2.C14H11BrF2O.C14H11BrO2.C8H6F2O2.C7H5BrO2/c1-28-22-31(24-47-20-6-4-14-38(47)43(49)50)16-18-40(28)53-26-33-10-8-12-35(29(33)2)36-13-9-11-34(30(36)3)27-54-41-19-17-32(23-37(41)42(45)46)25-48-21-7-5-15-39(48)44(51)52;1-11-13(9-17)5-3-7-15(11)16-8-4-6-14(10-18)12(16)2;16-15(17)13-8-12(9-18)6-7-14(13)19-10-11-4-2-1-3-5-11;15-11-6-7-13(12(8-11)14(16)17)18-9-10-4-2-1-3-5-10;15-13-6-7-14(12(8-13)9-16)17-10-11-4-2-1-3-5-11;9-8(10)6-3-5(4-11)1-2-7(6)12;8-6-1-2-7(10)5(3-6)4-9/h8-13,16-19,22-23,38-39,42H,4-7,14-15,20-21,24-27H2,1-3H3,(H,49,50)(H,51,52);3-8H,9-10H2,1-2H3;1-9,15H,10H2;1-8,14H,9H2;1-9H,10H2;1-4,8,12H;1-4,10H/t38-,39-;;;;;;/m0....../s1. The van der Waals surface area contributed by atoms with Gasteiger partial charge in [-0.15, -0.1) is 0 Å². The van der Waals surface area contributed by atoms with Gasteiger partial charge in [-0.25, -0.2) is 35.1 Å². The normalized spacial score (nSPS) is 13.1. The number of aryl methyl sites for hydroxylation is 1. The van der Waals surface area contributed by atoms with E-state index in [2.05, 4.69) is 161 Å². The molecule has 774 valence electrons. The quantitative estimate of drug-likeness (QED) is 0.0170. The van der Waals surface area contributed by atoms with Gasteiger partial charge in [0, 0.05) is 48.3 Å². The lowest BCUT2D eigenvalue weighted by atomic mass is 9.92. The smallest absolute Gasteiger partial charge is 0.320 e. The number of carboxylic acids is 2. The summed E-state index contributed by atoms with van der Waals surface area (Å²) < 4.78 is 135. The predicted octanol–water partition coefficient (Wildman–Crippen LogP) is 31.9. The highest BCUT2D eigenvalue weighted by Gasteiger charge is 2.31. The van der Waals surface area contributed by atoms with Crippen molar-refractivity contribution in [2.75, 3.05) is 13.1 Å². The van der Waals surface area contributed by atoms with Crippen LogP contribution in [0.25, 0.3) is 22.3 Å². The van der Waals surface area contributed by atoms with Gasteiger partial charge in [-0.1, -0.05) is 274 Å². The number of carboxylic acid groups (broad SMARTS) is 2. The fraction of sp³-hybridized carbons (Fsp3) is 0.237. The first-order chi connectivity index (χ1) is 71.2. The van der Waals surface area contributed by atoms with E-state index < -0.39 is 61.0 Å². The number of piperidine rings is 2. The van der Waals surface area contributed by atoms with Gasteiger partial charge in [0.1, 0.15) is 97.9 Å². The number of aldehydes is 4. The van der Waals surface area contributed by atoms with Gasteiger partial charge in [0.05, 0.1) is 33.4 Å². The molecule has 0 aliphatic carbocycles. The maximum absolute atomic E-state index is 14.3. The number of alkyl halides is 10. The SMILES string of the molecule is Cc1c(CBr)cccc1-c1cccc(CBr)c1C.Cc1cc(CN2CCCC[C@H]2C(=O)O)ccc1OCc1cccc(-c2cccc(COc3ccc(CN4CCCC[C@H]4C(=O)O)cc3C(F)F)c2C)c1C.FC(F)c1cc(Br)ccc1OCc1ccccc1.O=Cc1cc(Br)ccc1O.O=Cc1cc(Br)ccc1OCc1ccccc1.O=Cc1ccc(O)c(C(F)F)c1.O=Cc1ccc(OCc2ccccc2)c(C(F)F)c1. The third kappa shape index (κ3) is 35.1. The van der Waals surface area contributed by atoms with Crippen molar-refractivity contribution in [3.63, 3.8) is 0 Å². The summed E-state index contributed by atoms with van der Waals surface area (Å²) in [5, 5.41) is 39.0. The van der Waals surface area contributed by atoms with Crippen LogP contribution < -0.4 is 23.7 Å². The Hall–Kier alpha value is -12.9. The highest BCUT2D eigenvalue weighted by molar-refractivity contribution is 9.11. The minimum absolute atomic E-state index is 0.0122. The maximum atomic E-state index is 14.3. The zero-order valence-electron chi connectivity index (χ0n) is 81.6. The van der Waals surface area contributed by atoms with Gasteiger partial charge in [0.15, 0.2) is 12.6 Å². The zero-order valence-corrected chi connectivity index (χ0v) is 89.5. The Kier molecular flexibility index (Phi) is 47.3. The monoisotopic (exact) mass is 2340 g/mol. The summed E-state index contributed by atoms with van der Waals surface area (Å²) >= 11 is 16.8. The zero-order chi connectivity index (χ0) is 107. The van der Waals surface area contributed by atoms with Crippen molar-refractivity contribution >= 4 is 117 Å². The molecule has 0 amide bonds. The molecule has 2 atom stereocenters. The summed E-state index contributed by atoms with van der Waals surface area (Å²) in [6, 6.07) is 85.5. The van der Waals surface area contributed by atoms with E-state index in [0.717, 1.165) is 143 Å². The molecule has 2 saturated heterocycles. The summed E-state index contributed by atoms with van der Waals surface area (Å²) in [4.78, 5) is 69.3. The van der Waals surface area contributed by atoms with E-state index in [4.69, 9.17) is 33.9 Å². The molecule has 14 aromatic rings. The van der Waals surface area contributed by atoms with E-state index in [1.165, 1.54) is 69.8 Å². The van der Waals surface area contributed by atoms with E-state index in [0.29, 0.717) is 91.5 Å². The third-order valence-corrected chi connectivity index (χ3v) is 27.2. The van der Waals surface area contributed by atoms with Gasteiger partial charge in [-0.05, 0) is 283 Å². The molecule has 148 heavy (non-hydrogen) atoms. The van der Waals surface area contributed by atoms with Crippen LogP contribution in [0.2, 0.25) is 0 Å². The molecule has 2 aliphatic heterocycles. The number of halogens is 13. The van der Waals surface area contributed by atoms with Crippen LogP contribution in [-0.4, -0.2) is 92.5 Å². The molecule has 0 radical (unpaired) electrons. The van der Waals surface area contributed by atoms with Crippen LogP contribution in [-0.2, 0) is 66.4 Å². The highest BCUT2D eigenvalue weighted by Crippen LogP contribution is 2.40. The molecule has 0 spiro atoms. The third-order valence-electron chi connectivity index (χ3n) is 24.5. The van der Waals surface area contributed by atoms with Crippen molar-refractivity contribution in [3.8, 4) is 62.5 Å². The second-order valence-corrected chi connectivity index (χ2v) is 38.4. The number of ether oxygens (including phenoxy) is 5. The van der Waals surface area contributed by atoms with E-state index >= 15 is 0 Å². The van der Waals surface area contributed by atoms with Crippen LogP contribution in [0.5, 0.6) is 40.2 Å². The molecule has 2 fully saturated rings. The van der Waals surface area contributed by atoms with E-state index in [1.807, 2.05) is 151 Å². The first kappa shape index (κ1) is 117. The van der Waals surface area contributed by atoms with Gasteiger partial charge in [0.2, 0.25) is 0 Å². The summed E-state index contributed by atoms with van der Waals surface area (Å²) in [6.45, 7) is 14.2. The summed E-state index contributed by atoms with van der Waals surface area (Å²) in [7, 11) is 0. The van der Waals surface area contributed by atoms with Gasteiger partial charge >= 0.3 is 11.9 Å². The van der Waals surface area contributed by atoms with Crippen LogP contribution in [0.1, 0.15) is 206 Å². The fourth-order valence-electron chi connectivity index (χ4n) is 16.3. The Morgan fingerprint density at radius 1 is 0.331 bits per heavy atom. The summed E-state index contributed by atoms with van der Waals surface area (Å²) in [5.41, 5.74) is 19.9. The molecule has 14 aromatic carbocycles. The first-order valence-electron chi connectivity index (χ1n) is 47.1. The minimum atomic E-state index is -2.76. The van der Waals surface area contributed by atoms with Gasteiger partial charge in [0.25, 0.3) is 25.7 Å². The Balaban J connectivity index is 0.000000196. The fourth-order valence-corrected chi connectivity index (χ4v) is 18.7. The lowest BCUT2D eigenvalue weighted by Gasteiger charge is -2.33. The lowest BCUT2D eigenvalue weighted by Crippen LogP contribution is -2.44. The number of aliphatic carboxylic acids is 2. The Labute approximate surface area is 898 Å². The Morgan fingerprint density at radius 3 is 1.07 bits per heavy atom. The molecular formula is C118H111Br5F8N2O15. The topological polar surface area (TPSA) is 236 Å². The van der Waals surface area contributed by atoms with Crippen molar-refractivity contribution < 1.29 is 108 Å². The number of nitrogens with zero attached hydrogens (tertiary/aromatic N) is 2. The molecule has 2 aliphatic rings. The Bertz CT molecular complexity index is 6690. The highest BCUT2D eigenvalue weighted by atomic mass is 79.9. The van der Waals surface area contributed by atoms with E-state index in [-0.39, 0.29) is 70.6 Å².